The Bertz CT molecular complexity index is 4160. The van der Waals surface area contributed by atoms with Gasteiger partial charge in [0.2, 0.25) is 0 Å². The smallest absolute Gasteiger partial charge is 0.394 e. The number of carboxylic acids is 1. The number of nitrogens with zero attached hydrogens (tertiary/aromatic N) is 4. The number of aromatic carboxylic acids is 1. The topological polar surface area (TPSA) is 293 Å². The first-order chi connectivity index (χ1) is 36.7. The highest BCUT2D eigenvalue weighted by molar-refractivity contribution is 7.85. The molecule has 0 unspecified atom stereocenters. The van der Waals surface area contributed by atoms with Crippen LogP contribution in [0.5, 0.6) is 0 Å². The van der Waals surface area contributed by atoms with Crippen molar-refractivity contribution in [3.05, 3.63) is 160 Å². The number of carbonyl (C=O) groups is 1. The van der Waals surface area contributed by atoms with Gasteiger partial charge in [-0.1, -0.05) is 60.7 Å². The lowest BCUT2D eigenvalue weighted by molar-refractivity contribution is -0.191. The number of hydrogen-bond donors (Lipinski definition) is 4. The summed E-state index contributed by atoms with van der Waals surface area (Å²) >= 11 is 2.56. The molecule has 77 heavy (non-hydrogen) atoms. The van der Waals surface area contributed by atoms with Crippen molar-refractivity contribution in [1.29, 1.82) is 0 Å². The molecule has 0 saturated heterocycles. The molecule has 396 valence electrons. The minimum atomic E-state index is -4.67. The number of anilines is 2. The van der Waals surface area contributed by atoms with Crippen LogP contribution < -0.4 is 21.1 Å². The molecule has 0 spiro atoms. The summed E-state index contributed by atoms with van der Waals surface area (Å²) in [6.07, 6.45) is 0.250. The zero-order chi connectivity index (χ0) is 55.8. The molecular weight excluding hydrogens is 1070 g/mol. The normalized spacial score (nSPS) is 11.2. The van der Waals surface area contributed by atoms with Crippen LogP contribution in [-0.2, 0) is 30.1 Å². The average molecular weight is 1120 g/mol. The van der Waals surface area contributed by atoms with E-state index in [1.54, 1.807) is 24.3 Å². The Hall–Kier alpha value is -8.25. The molecule has 0 aliphatic rings. The van der Waals surface area contributed by atoms with Crippen molar-refractivity contribution >= 4 is 109 Å². The van der Waals surface area contributed by atoms with Gasteiger partial charge in [0.05, 0.1) is 30.9 Å². The van der Waals surface area contributed by atoms with Crippen LogP contribution in [0.15, 0.2) is 157 Å². The van der Waals surface area contributed by atoms with E-state index in [0.717, 1.165) is 58.7 Å². The molecule has 19 nitrogen and oxygen atoms in total. The van der Waals surface area contributed by atoms with Crippen LogP contribution in [0.25, 0.3) is 85.8 Å². The summed E-state index contributed by atoms with van der Waals surface area (Å²) in [6, 6.07) is 39.7. The molecule has 0 saturated carbocycles. The average Bonchev–Trinajstić information content (AvgIpc) is 4.17. The Morgan fingerprint density at radius 1 is 0.571 bits per heavy atom. The first-order valence-electron chi connectivity index (χ1n) is 23.3. The molecule has 0 atom stereocenters. The van der Waals surface area contributed by atoms with Crippen LogP contribution in [0, 0.1) is 0 Å². The summed E-state index contributed by atoms with van der Waals surface area (Å²) in [4.78, 5) is 68.6. The molecule has 23 heteroatoms. The Kier molecular flexibility index (Phi) is 17.7. The third kappa shape index (κ3) is 12.9. The van der Waals surface area contributed by atoms with Crippen LogP contribution in [0.3, 0.4) is 0 Å². The van der Waals surface area contributed by atoms with Crippen LogP contribution in [0.2, 0.25) is 0 Å². The van der Waals surface area contributed by atoms with E-state index in [0.29, 0.717) is 59.0 Å². The summed E-state index contributed by atoms with van der Waals surface area (Å²) in [7, 11) is -9.03. The van der Waals surface area contributed by atoms with Crippen molar-refractivity contribution < 1.29 is 58.8 Å². The molecule has 10 aromatic rings. The summed E-state index contributed by atoms with van der Waals surface area (Å²) < 4.78 is 77.3. The molecular formula is C54H46N4O15S4. The first-order valence-corrected chi connectivity index (χ1v) is 27.7. The van der Waals surface area contributed by atoms with E-state index in [4.69, 9.17) is 35.9 Å². The molecule has 4 heterocycles. The molecule has 4 N–H and O–H groups in total. The molecule has 0 bridgehead atoms. The third-order valence-corrected chi connectivity index (χ3v) is 14.8. The number of rotatable bonds is 12. The van der Waals surface area contributed by atoms with E-state index in [9.17, 15) is 32.5 Å². The summed E-state index contributed by atoms with van der Waals surface area (Å²) in [5.74, 6) is -1.06. The van der Waals surface area contributed by atoms with E-state index in [2.05, 4.69) is 47.5 Å². The van der Waals surface area contributed by atoms with Crippen LogP contribution in [0.1, 0.15) is 38.1 Å². The Balaban J connectivity index is 0.000000197. The second kappa shape index (κ2) is 24.2. The van der Waals surface area contributed by atoms with Gasteiger partial charge in [-0.05, 0) is 99.5 Å². The molecule has 0 aliphatic carbocycles. The molecule has 0 fully saturated rings. The van der Waals surface area contributed by atoms with E-state index in [1.807, 2.05) is 91.0 Å². The lowest BCUT2D eigenvalue weighted by atomic mass is 9.93. The third-order valence-electron chi connectivity index (χ3n) is 11.9. The van der Waals surface area contributed by atoms with Crippen molar-refractivity contribution in [3.8, 4) is 43.4 Å². The number of fused-ring (bicyclic) bond motifs is 4. The number of para-hydroxylation sites is 1. The van der Waals surface area contributed by atoms with Crippen molar-refractivity contribution in [3.63, 3.8) is 0 Å². The van der Waals surface area contributed by atoms with Gasteiger partial charge in [-0.3, -0.25) is 13.7 Å². The lowest BCUT2D eigenvalue weighted by Crippen LogP contribution is -2.21. The van der Waals surface area contributed by atoms with Gasteiger partial charge >= 0.3 is 33.8 Å². The van der Waals surface area contributed by atoms with Gasteiger partial charge in [-0.15, -0.1) is 22.7 Å². The van der Waals surface area contributed by atoms with E-state index >= 15 is 0 Å². The number of carbonyl (C=O) groups excluding carboxylic acids is 2. The quantitative estimate of drug-likeness (QED) is 0.0653. The van der Waals surface area contributed by atoms with Crippen LogP contribution in [0.4, 0.5) is 11.4 Å². The molecule has 10 rings (SSSR count). The minimum absolute atomic E-state index is 0.115. The molecule has 0 amide bonds. The molecule has 4 aromatic heterocycles. The Morgan fingerprint density at radius 2 is 1.03 bits per heavy atom. The van der Waals surface area contributed by atoms with Gasteiger partial charge in [0, 0.05) is 71.6 Å². The fraction of sp³-hybridized carbons (Fsp3) is 0.148. The fourth-order valence-corrected chi connectivity index (χ4v) is 11.2. The Labute approximate surface area is 447 Å². The predicted octanol–water partition coefficient (Wildman–Crippen LogP) is 10.9. The second-order valence-electron chi connectivity index (χ2n) is 16.3. The van der Waals surface area contributed by atoms with E-state index < -0.39 is 37.7 Å². The highest BCUT2D eigenvalue weighted by Gasteiger charge is 2.26. The van der Waals surface area contributed by atoms with Crippen molar-refractivity contribution in [2.24, 2.45) is 0 Å². The van der Waals surface area contributed by atoms with Gasteiger partial charge in [0.1, 0.15) is 32.3 Å². The van der Waals surface area contributed by atoms with E-state index in [-0.39, 0.29) is 22.2 Å². The van der Waals surface area contributed by atoms with Gasteiger partial charge < -0.3 is 23.7 Å². The van der Waals surface area contributed by atoms with Crippen molar-refractivity contribution in [1.82, 2.24) is 9.97 Å². The van der Waals surface area contributed by atoms with Crippen molar-refractivity contribution in [2.45, 2.75) is 32.6 Å². The molecule has 0 radical (unpaired) electrons. The van der Waals surface area contributed by atoms with Crippen molar-refractivity contribution in [2.75, 3.05) is 36.0 Å². The van der Waals surface area contributed by atoms with Crippen LogP contribution >= 0.6 is 22.7 Å². The maximum atomic E-state index is 13.4. The largest absolute Gasteiger partial charge is 0.478 e. The summed E-state index contributed by atoms with van der Waals surface area (Å²) in [5.41, 5.74) is 6.26. The number of thiazole rings is 2. The first kappa shape index (κ1) is 56.5. The number of hydrogen-bond acceptors (Lipinski definition) is 17. The Morgan fingerprint density at radius 3 is 1.53 bits per heavy atom. The van der Waals surface area contributed by atoms with Gasteiger partial charge in [0.15, 0.2) is 0 Å². The molecule has 6 aromatic carbocycles. The van der Waals surface area contributed by atoms with E-state index in [1.165, 1.54) is 40.9 Å². The summed E-state index contributed by atoms with van der Waals surface area (Å²) in [5, 5.41) is 12.3. The number of benzene rings is 6. The predicted molar refractivity (Wildman–Crippen MR) is 296 cm³/mol. The summed E-state index contributed by atoms with van der Waals surface area (Å²) in [6.45, 7) is 11.5. The number of carboxylic acid groups (broad SMARTS) is 1. The van der Waals surface area contributed by atoms with Gasteiger partial charge in [-0.25, -0.2) is 24.4 Å². The molecule has 0 aliphatic heterocycles. The highest BCUT2D eigenvalue weighted by Crippen LogP contribution is 2.42. The van der Waals surface area contributed by atoms with Crippen LogP contribution in [-0.4, -0.2) is 83.9 Å². The zero-order valence-electron chi connectivity index (χ0n) is 41.2. The SMILES string of the molecule is CCN(CC)c1ccc2c(-c3ccccc3)c(-c3nc4ccc(S(=O)(=O)O)cc4s3)c(=O)oc2c1.CCN(CC)c1ccc2c(-c3ccccc3C(=O)O)c(-c3nc4ccccc4s3)c(=O)oc2c1.O=C=O.O=S(=O)(O)O. The monoisotopic (exact) mass is 1120 g/mol. The lowest BCUT2D eigenvalue weighted by Gasteiger charge is -2.21. The maximum absolute atomic E-state index is 13.4. The number of aromatic nitrogens is 2. The fourth-order valence-electron chi connectivity index (χ4n) is 8.56. The zero-order valence-corrected chi connectivity index (χ0v) is 44.5. The second-order valence-corrected chi connectivity index (χ2v) is 20.7. The van der Waals surface area contributed by atoms with Gasteiger partial charge in [0.25, 0.3) is 10.1 Å². The minimum Gasteiger partial charge on any atom is -0.478 e. The highest BCUT2D eigenvalue weighted by atomic mass is 32.3. The standard InChI is InChI=1S/C27H22N2O4S.C26H22N2O5S2.CO2.H2O4S/c1-3-29(4-2)16-13-14-19-21(15-16)33-27(32)24(25-28-20-11-7-8-12-22(20)34-25)23(19)17-9-5-6-10-18(17)26(30)31;1-3-28(4-2)17-10-12-19-21(14-17)33-26(29)24(23(19)16-8-6-5-7-9-16)25-27-20-13-11-18(35(30,31)32)15-22(20)34-25;2-1-3;1-5(2,3)4/h5-15H,3-4H2,1-2H3,(H,30,31);5-15H,3-4H2,1-2H3,(H,30,31,32);;(H2,1,2,3,4). The van der Waals surface area contributed by atoms with Gasteiger partial charge in [-0.2, -0.15) is 26.4 Å². The maximum Gasteiger partial charge on any atom is 0.394 e.